The lowest BCUT2D eigenvalue weighted by Crippen LogP contribution is -2.21. The van der Waals surface area contributed by atoms with Gasteiger partial charge in [0.1, 0.15) is 5.76 Å². The summed E-state index contributed by atoms with van der Waals surface area (Å²) in [6.07, 6.45) is 3.55. The Morgan fingerprint density at radius 3 is 2.71 bits per heavy atom. The smallest absolute Gasteiger partial charge is 0.126 e. The van der Waals surface area contributed by atoms with Gasteiger partial charge in [-0.2, -0.15) is 5.10 Å². The largest absolute Gasteiger partial charge is 0.467 e. The van der Waals surface area contributed by atoms with E-state index < -0.39 is 0 Å². The molecule has 1 N–H and O–H groups in total. The van der Waals surface area contributed by atoms with Crippen molar-refractivity contribution in [3.63, 3.8) is 0 Å². The summed E-state index contributed by atoms with van der Waals surface area (Å²) in [7, 11) is 0. The van der Waals surface area contributed by atoms with Gasteiger partial charge in [0.25, 0.3) is 0 Å². The molecule has 0 aliphatic rings. The number of para-hydroxylation sites is 1. The van der Waals surface area contributed by atoms with Crippen LogP contribution in [0.4, 0.5) is 0 Å². The number of benzene rings is 1. The van der Waals surface area contributed by atoms with E-state index in [1.165, 1.54) is 0 Å². The van der Waals surface area contributed by atoms with Crippen LogP contribution in [0.3, 0.4) is 0 Å². The zero-order valence-electron chi connectivity index (χ0n) is 12.3. The molecular formula is C17H19N3O. The minimum Gasteiger partial charge on any atom is -0.467 e. The standard InChI is InChI=1S/C17H19N3O/c1-13(2)18-12-17-15(9-11-21-17)16-8-10-19-20(16)14-6-4-3-5-7-14/h3-11,13,18H,12H2,1-2H3. The van der Waals surface area contributed by atoms with Crippen molar-refractivity contribution in [2.75, 3.05) is 0 Å². The van der Waals surface area contributed by atoms with Crippen molar-refractivity contribution in [1.82, 2.24) is 15.1 Å². The Bertz CT molecular complexity index is 698. The highest BCUT2D eigenvalue weighted by Crippen LogP contribution is 2.26. The molecule has 0 aliphatic heterocycles. The fourth-order valence-electron chi connectivity index (χ4n) is 2.28. The highest BCUT2D eigenvalue weighted by molar-refractivity contribution is 5.63. The van der Waals surface area contributed by atoms with E-state index in [9.17, 15) is 0 Å². The highest BCUT2D eigenvalue weighted by Gasteiger charge is 2.14. The van der Waals surface area contributed by atoms with E-state index in [1.807, 2.05) is 53.3 Å². The summed E-state index contributed by atoms with van der Waals surface area (Å²) in [4.78, 5) is 0. The van der Waals surface area contributed by atoms with Crippen molar-refractivity contribution >= 4 is 0 Å². The van der Waals surface area contributed by atoms with Crippen molar-refractivity contribution in [2.45, 2.75) is 26.4 Å². The van der Waals surface area contributed by atoms with Crippen molar-refractivity contribution in [2.24, 2.45) is 0 Å². The van der Waals surface area contributed by atoms with Gasteiger partial charge in [-0.25, -0.2) is 4.68 Å². The van der Waals surface area contributed by atoms with Gasteiger partial charge in [0, 0.05) is 11.6 Å². The van der Waals surface area contributed by atoms with Crippen LogP contribution in [0.25, 0.3) is 16.9 Å². The third-order valence-electron chi connectivity index (χ3n) is 3.34. The summed E-state index contributed by atoms with van der Waals surface area (Å²) in [5.74, 6) is 0.932. The molecule has 108 valence electrons. The monoisotopic (exact) mass is 281 g/mol. The Balaban J connectivity index is 1.96. The number of hydrogen-bond acceptors (Lipinski definition) is 3. The molecule has 0 saturated carbocycles. The molecule has 0 radical (unpaired) electrons. The topological polar surface area (TPSA) is 43.0 Å². The number of nitrogens with one attached hydrogen (secondary N) is 1. The first-order chi connectivity index (χ1) is 10.3. The van der Waals surface area contributed by atoms with Crippen LogP contribution in [0.5, 0.6) is 0 Å². The molecule has 0 unspecified atom stereocenters. The molecule has 0 bridgehead atoms. The summed E-state index contributed by atoms with van der Waals surface area (Å²) in [5.41, 5.74) is 3.15. The molecule has 0 amide bonds. The number of aromatic nitrogens is 2. The molecule has 3 rings (SSSR count). The molecule has 0 saturated heterocycles. The van der Waals surface area contributed by atoms with E-state index in [-0.39, 0.29) is 0 Å². The molecule has 0 atom stereocenters. The van der Waals surface area contributed by atoms with Crippen LogP contribution < -0.4 is 5.32 Å². The highest BCUT2D eigenvalue weighted by atomic mass is 16.3. The molecule has 3 aromatic rings. The van der Waals surface area contributed by atoms with Gasteiger partial charge < -0.3 is 9.73 Å². The lowest BCUT2D eigenvalue weighted by molar-refractivity contribution is 0.466. The van der Waals surface area contributed by atoms with E-state index in [2.05, 4.69) is 24.3 Å². The van der Waals surface area contributed by atoms with Crippen LogP contribution in [0.2, 0.25) is 0 Å². The third-order valence-corrected chi connectivity index (χ3v) is 3.34. The van der Waals surface area contributed by atoms with E-state index in [1.54, 1.807) is 6.26 Å². The van der Waals surface area contributed by atoms with Crippen LogP contribution in [0.1, 0.15) is 19.6 Å². The average Bonchev–Trinajstić information content (AvgIpc) is 3.14. The first-order valence-electron chi connectivity index (χ1n) is 7.15. The van der Waals surface area contributed by atoms with E-state index in [4.69, 9.17) is 4.42 Å². The van der Waals surface area contributed by atoms with Crippen LogP contribution in [-0.4, -0.2) is 15.8 Å². The van der Waals surface area contributed by atoms with Gasteiger partial charge in [-0.15, -0.1) is 0 Å². The second kappa shape index (κ2) is 5.97. The number of furan rings is 1. The first-order valence-corrected chi connectivity index (χ1v) is 7.15. The molecule has 21 heavy (non-hydrogen) atoms. The van der Waals surface area contributed by atoms with Gasteiger partial charge in [0.2, 0.25) is 0 Å². The summed E-state index contributed by atoms with van der Waals surface area (Å²) < 4.78 is 7.56. The van der Waals surface area contributed by atoms with E-state index in [0.29, 0.717) is 12.6 Å². The summed E-state index contributed by atoms with van der Waals surface area (Å²) in [5, 5.41) is 7.82. The van der Waals surface area contributed by atoms with Gasteiger partial charge in [-0.05, 0) is 24.3 Å². The fraction of sp³-hybridized carbons (Fsp3) is 0.235. The molecule has 1 aromatic carbocycles. The lowest BCUT2D eigenvalue weighted by atomic mass is 10.1. The minimum atomic E-state index is 0.419. The summed E-state index contributed by atoms with van der Waals surface area (Å²) in [6, 6.07) is 14.5. The quantitative estimate of drug-likeness (QED) is 0.776. The number of hydrogen-bond donors (Lipinski definition) is 1. The lowest BCUT2D eigenvalue weighted by Gasteiger charge is -2.10. The minimum absolute atomic E-state index is 0.419. The Labute approximate surface area is 124 Å². The Morgan fingerprint density at radius 2 is 1.95 bits per heavy atom. The maximum atomic E-state index is 5.63. The Hall–Kier alpha value is -2.33. The van der Waals surface area contributed by atoms with Gasteiger partial charge >= 0.3 is 0 Å². The molecule has 2 heterocycles. The average molecular weight is 281 g/mol. The normalized spacial score (nSPS) is 11.2. The zero-order chi connectivity index (χ0) is 14.7. The third kappa shape index (κ3) is 2.90. The zero-order valence-corrected chi connectivity index (χ0v) is 12.3. The van der Waals surface area contributed by atoms with Gasteiger partial charge in [-0.3, -0.25) is 0 Å². The van der Waals surface area contributed by atoms with Crippen LogP contribution >= 0.6 is 0 Å². The second-order valence-corrected chi connectivity index (χ2v) is 5.26. The maximum absolute atomic E-state index is 5.63. The molecule has 2 aromatic heterocycles. The second-order valence-electron chi connectivity index (χ2n) is 5.26. The molecule has 0 aliphatic carbocycles. The van der Waals surface area contributed by atoms with Crippen molar-refractivity contribution in [3.05, 3.63) is 60.7 Å². The van der Waals surface area contributed by atoms with E-state index >= 15 is 0 Å². The summed E-state index contributed by atoms with van der Waals surface area (Å²) >= 11 is 0. The molecule has 0 fully saturated rings. The maximum Gasteiger partial charge on any atom is 0.126 e. The first kappa shape index (κ1) is 13.6. The van der Waals surface area contributed by atoms with Gasteiger partial charge in [0.15, 0.2) is 0 Å². The van der Waals surface area contributed by atoms with Crippen molar-refractivity contribution in [3.8, 4) is 16.9 Å². The van der Waals surface area contributed by atoms with Crippen LogP contribution in [-0.2, 0) is 6.54 Å². The molecule has 4 nitrogen and oxygen atoms in total. The predicted molar refractivity (Wildman–Crippen MR) is 83.2 cm³/mol. The van der Waals surface area contributed by atoms with E-state index in [0.717, 1.165) is 22.7 Å². The Kier molecular flexibility index (Phi) is 3.88. The SMILES string of the molecule is CC(C)NCc1occc1-c1ccnn1-c1ccccc1. The van der Waals surface area contributed by atoms with Crippen molar-refractivity contribution in [1.29, 1.82) is 0 Å². The number of rotatable bonds is 5. The number of nitrogens with zero attached hydrogens (tertiary/aromatic N) is 2. The molecule has 4 heteroatoms. The predicted octanol–water partition coefficient (Wildman–Crippen LogP) is 3.63. The fourth-order valence-corrected chi connectivity index (χ4v) is 2.28. The molecule has 0 spiro atoms. The Morgan fingerprint density at radius 1 is 1.14 bits per heavy atom. The van der Waals surface area contributed by atoms with Crippen LogP contribution in [0, 0.1) is 0 Å². The van der Waals surface area contributed by atoms with Crippen LogP contribution in [0.15, 0.2) is 59.3 Å². The van der Waals surface area contributed by atoms with Crippen molar-refractivity contribution < 1.29 is 4.42 Å². The summed E-state index contributed by atoms with van der Waals surface area (Å²) in [6.45, 7) is 4.95. The van der Waals surface area contributed by atoms with Gasteiger partial charge in [0.05, 0.1) is 30.4 Å². The molecular weight excluding hydrogens is 262 g/mol. The van der Waals surface area contributed by atoms with Gasteiger partial charge in [-0.1, -0.05) is 32.0 Å².